The van der Waals surface area contributed by atoms with Crippen LogP contribution in [0.2, 0.25) is 0 Å². The fourth-order valence-electron chi connectivity index (χ4n) is 1.88. The van der Waals surface area contributed by atoms with Gasteiger partial charge < -0.3 is 9.84 Å². The van der Waals surface area contributed by atoms with Gasteiger partial charge in [-0.1, -0.05) is 0 Å². The first-order chi connectivity index (χ1) is 10.1. The van der Waals surface area contributed by atoms with Crippen molar-refractivity contribution in [2.75, 3.05) is 13.2 Å². The second kappa shape index (κ2) is 6.91. The van der Waals surface area contributed by atoms with Gasteiger partial charge in [0.15, 0.2) is 5.69 Å². The zero-order chi connectivity index (χ0) is 15.2. The van der Waals surface area contributed by atoms with Gasteiger partial charge in [-0.2, -0.15) is 5.10 Å². The minimum Gasteiger partial charge on any atom is -0.389 e. The Hall–Kier alpha value is -2.32. The number of nitro groups is 1. The number of aromatic nitrogens is 3. The molecule has 0 fully saturated rings. The number of hydrogen-bond donors (Lipinski definition) is 1. The summed E-state index contributed by atoms with van der Waals surface area (Å²) < 4.78 is 6.46. The molecule has 8 nitrogen and oxygen atoms in total. The van der Waals surface area contributed by atoms with E-state index in [0.717, 1.165) is 0 Å². The molecule has 0 aromatic carbocycles. The summed E-state index contributed by atoms with van der Waals surface area (Å²) in [5.74, 6) is 0. The Kier molecular flexibility index (Phi) is 4.96. The van der Waals surface area contributed by atoms with Crippen LogP contribution in [0.15, 0.2) is 30.7 Å². The average Bonchev–Trinajstić information content (AvgIpc) is 2.90. The standard InChI is InChI=1S/C13H16N4O4/c1-2-21-9-11(18)7-16-8-12(17(19)20)13(15-16)10-3-5-14-6-4-10/h3-6,8,11,18H,2,7,9H2,1H3. The van der Waals surface area contributed by atoms with Crippen molar-refractivity contribution in [3.05, 3.63) is 40.8 Å². The fraction of sp³-hybridized carbons (Fsp3) is 0.385. The molecule has 1 unspecified atom stereocenters. The maximum Gasteiger partial charge on any atom is 0.314 e. The lowest BCUT2D eigenvalue weighted by Gasteiger charge is -2.09. The summed E-state index contributed by atoms with van der Waals surface area (Å²) in [7, 11) is 0. The van der Waals surface area contributed by atoms with Crippen LogP contribution in [0, 0.1) is 10.1 Å². The molecule has 0 bridgehead atoms. The Morgan fingerprint density at radius 3 is 2.81 bits per heavy atom. The molecule has 0 aliphatic heterocycles. The molecular formula is C13H16N4O4. The van der Waals surface area contributed by atoms with E-state index in [1.807, 2.05) is 6.92 Å². The van der Waals surface area contributed by atoms with Crippen LogP contribution in [0.4, 0.5) is 5.69 Å². The summed E-state index contributed by atoms with van der Waals surface area (Å²) in [4.78, 5) is 14.5. The van der Waals surface area contributed by atoms with Crippen molar-refractivity contribution in [3.8, 4) is 11.3 Å². The van der Waals surface area contributed by atoms with Crippen LogP contribution in [0.1, 0.15) is 6.92 Å². The number of ether oxygens (including phenoxy) is 1. The highest BCUT2D eigenvalue weighted by molar-refractivity contribution is 5.68. The summed E-state index contributed by atoms with van der Waals surface area (Å²) >= 11 is 0. The van der Waals surface area contributed by atoms with Crippen LogP contribution in [-0.4, -0.2) is 44.1 Å². The number of rotatable bonds is 7. The Balaban J connectivity index is 2.24. The van der Waals surface area contributed by atoms with Gasteiger partial charge in [0.1, 0.15) is 6.20 Å². The average molecular weight is 292 g/mol. The lowest BCUT2D eigenvalue weighted by atomic mass is 10.2. The predicted molar refractivity (Wildman–Crippen MR) is 74.6 cm³/mol. The van der Waals surface area contributed by atoms with Crippen LogP contribution in [0.3, 0.4) is 0 Å². The molecule has 0 radical (unpaired) electrons. The normalized spacial score (nSPS) is 12.3. The molecule has 2 heterocycles. The third kappa shape index (κ3) is 3.83. The third-order valence-corrected chi connectivity index (χ3v) is 2.80. The molecule has 2 rings (SSSR count). The Labute approximate surface area is 121 Å². The number of pyridine rings is 1. The topological polar surface area (TPSA) is 103 Å². The highest BCUT2D eigenvalue weighted by Gasteiger charge is 2.21. The van der Waals surface area contributed by atoms with Crippen molar-refractivity contribution in [2.24, 2.45) is 0 Å². The van der Waals surface area contributed by atoms with Gasteiger partial charge in [-0.15, -0.1) is 0 Å². The van der Waals surface area contributed by atoms with Crippen LogP contribution >= 0.6 is 0 Å². The van der Waals surface area contributed by atoms with E-state index in [4.69, 9.17) is 4.74 Å². The third-order valence-electron chi connectivity index (χ3n) is 2.80. The van der Waals surface area contributed by atoms with Gasteiger partial charge >= 0.3 is 5.69 Å². The van der Waals surface area contributed by atoms with E-state index in [2.05, 4.69) is 10.1 Å². The van der Waals surface area contributed by atoms with Crippen molar-refractivity contribution < 1.29 is 14.8 Å². The van der Waals surface area contributed by atoms with E-state index in [1.165, 1.54) is 10.9 Å². The largest absolute Gasteiger partial charge is 0.389 e. The van der Waals surface area contributed by atoms with Crippen molar-refractivity contribution in [3.63, 3.8) is 0 Å². The lowest BCUT2D eigenvalue weighted by molar-refractivity contribution is -0.384. The molecule has 1 N–H and O–H groups in total. The molecule has 0 saturated carbocycles. The molecule has 0 aliphatic carbocycles. The Bertz CT molecular complexity index is 599. The number of nitrogens with zero attached hydrogens (tertiary/aromatic N) is 4. The predicted octanol–water partition coefficient (Wildman–Crippen LogP) is 1.25. The summed E-state index contributed by atoms with van der Waals surface area (Å²) in [5, 5.41) is 25.1. The molecule has 0 saturated heterocycles. The fourth-order valence-corrected chi connectivity index (χ4v) is 1.88. The first-order valence-electron chi connectivity index (χ1n) is 6.50. The number of aliphatic hydroxyl groups is 1. The van der Waals surface area contributed by atoms with Gasteiger partial charge in [0.2, 0.25) is 0 Å². The second-order valence-electron chi connectivity index (χ2n) is 4.39. The Morgan fingerprint density at radius 2 is 2.19 bits per heavy atom. The quantitative estimate of drug-likeness (QED) is 0.608. The molecular weight excluding hydrogens is 276 g/mol. The highest BCUT2D eigenvalue weighted by atomic mass is 16.6. The molecule has 21 heavy (non-hydrogen) atoms. The molecule has 0 amide bonds. The van der Waals surface area contributed by atoms with Gasteiger partial charge in [-0.3, -0.25) is 19.8 Å². The summed E-state index contributed by atoms with van der Waals surface area (Å²) in [5.41, 5.74) is 0.755. The molecule has 2 aromatic rings. The number of hydrogen-bond acceptors (Lipinski definition) is 6. The van der Waals surface area contributed by atoms with Crippen LogP contribution in [-0.2, 0) is 11.3 Å². The maximum absolute atomic E-state index is 11.1. The maximum atomic E-state index is 11.1. The van der Waals surface area contributed by atoms with Crippen molar-refractivity contribution in [1.29, 1.82) is 0 Å². The zero-order valence-electron chi connectivity index (χ0n) is 11.5. The molecule has 8 heteroatoms. The van der Waals surface area contributed by atoms with E-state index in [9.17, 15) is 15.2 Å². The molecule has 1 atom stereocenters. The monoisotopic (exact) mass is 292 g/mol. The van der Waals surface area contributed by atoms with E-state index in [-0.39, 0.29) is 24.5 Å². The highest BCUT2D eigenvalue weighted by Crippen LogP contribution is 2.27. The smallest absolute Gasteiger partial charge is 0.314 e. The van der Waals surface area contributed by atoms with Crippen LogP contribution in [0.25, 0.3) is 11.3 Å². The van der Waals surface area contributed by atoms with Gasteiger partial charge in [0.25, 0.3) is 0 Å². The van der Waals surface area contributed by atoms with E-state index in [0.29, 0.717) is 12.2 Å². The first-order valence-corrected chi connectivity index (χ1v) is 6.50. The van der Waals surface area contributed by atoms with E-state index >= 15 is 0 Å². The lowest BCUT2D eigenvalue weighted by Crippen LogP contribution is -2.22. The first kappa shape index (κ1) is 15.1. The summed E-state index contributed by atoms with van der Waals surface area (Å²) in [6.45, 7) is 2.62. The van der Waals surface area contributed by atoms with Gasteiger partial charge in [0.05, 0.1) is 24.2 Å². The van der Waals surface area contributed by atoms with Crippen LogP contribution in [0.5, 0.6) is 0 Å². The summed E-state index contributed by atoms with van der Waals surface area (Å²) in [6, 6.07) is 3.30. The van der Waals surface area contributed by atoms with Gasteiger partial charge in [-0.05, 0) is 19.1 Å². The minimum atomic E-state index is -0.769. The van der Waals surface area contributed by atoms with E-state index in [1.54, 1.807) is 24.5 Å². The molecule has 2 aromatic heterocycles. The molecule has 0 aliphatic rings. The SMILES string of the molecule is CCOCC(O)Cn1cc([N+](=O)[O-])c(-c2ccncc2)n1. The Morgan fingerprint density at radius 1 is 1.48 bits per heavy atom. The minimum absolute atomic E-state index is 0.107. The van der Waals surface area contributed by atoms with Crippen molar-refractivity contribution in [1.82, 2.24) is 14.8 Å². The second-order valence-corrected chi connectivity index (χ2v) is 4.39. The van der Waals surface area contributed by atoms with Crippen molar-refractivity contribution >= 4 is 5.69 Å². The van der Waals surface area contributed by atoms with Gasteiger partial charge in [0, 0.05) is 24.6 Å². The number of aliphatic hydroxyl groups excluding tert-OH is 1. The van der Waals surface area contributed by atoms with Crippen molar-refractivity contribution in [2.45, 2.75) is 19.6 Å². The summed E-state index contributed by atoms with van der Waals surface area (Å²) in [6.07, 6.45) is 3.63. The molecule has 112 valence electrons. The zero-order valence-corrected chi connectivity index (χ0v) is 11.5. The van der Waals surface area contributed by atoms with E-state index < -0.39 is 11.0 Å². The molecule has 0 spiro atoms. The van der Waals surface area contributed by atoms with Gasteiger partial charge in [-0.25, -0.2) is 0 Å². The van der Waals surface area contributed by atoms with Crippen LogP contribution < -0.4 is 0 Å².